The number of fused-ring (bicyclic) bond motifs is 1. The van der Waals surface area contributed by atoms with Crippen molar-refractivity contribution in [3.8, 4) is 0 Å². The van der Waals surface area contributed by atoms with Crippen LogP contribution in [0, 0.1) is 6.92 Å². The number of halogens is 1. The molecule has 1 amide bonds. The van der Waals surface area contributed by atoms with Gasteiger partial charge in [0.15, 0.2) is 5.13 Å². The Morgan fingerprint density at radius 2 is 2.32 bits per heavy atom. The van der Waals surface area contributed by atoms with E-state index in [0.717, 1.165) is 10.2 Å². The van der Waals surface area contributed by atoms with Crippen LogP contribution >= 0.6 is 23.7 Å². The minimum absolute atomic E-state index is 0. The van der Waals surface area contributed by atoms with Gasteiger partial charge in [0.2, 0.25) is 5.91 Å². The number of ether oxygens (including phenoxy) is 1. The van der Waals surface area contributed by atoms with Crippen LogP contribution in [0.25, 0.3) is 10.2 Å². The molecule has 2 rings (SSSR count). The van der Waals surface area contributed by atoms with E-state index in [4.69, 9.17) is 10.5 Å². The number of nitrogens with two attached hydrogens (primary N) is 1. The summed E-state index contributed by atoms with van der Waals surface area (Å²) < 4.78 is 5.88. The zero-order chi connectivity index (χ0) is 13.1. The summed E-state index contributed by atoms with van der Waals surface area (Å²) in [4.78, 5) is 16.0. The van der Waals surface area contributed by atoms with Gasteiger partial charge in [-0.25, -0.2) is 4.98 Å². The number of methoxy groups -OCH3 is 1. The van der Waals surface area contributed by atoms with Gasteiger partial charge in [0.1, 0.15) is 6.04 Å². The molecule has 1 aromatic carbocycles. The fourth-order valence-corrected chi connectivity index (χ4v) is 2.51. The average molecular weight is 302 g/mol. The third-order valence-corrected chi connectivity index (χ3v) is 3.39. The van der Waals surface area contributed by atoms with Crippen LogP contribution in [0.2, 0.25) is 0 Å². The molecule has 1 aromatic heterocycles. The number of carbonyl (C=O) groups excluding carboxylic acids is 1. The van der Waals surface area contributed by atoms with Crippen LogP contribution in [-0.4, -0.2) is 30.6 Å². The molecule has 0 saturated heterocycles. The molecule has 0 aliphatic rings. The van der Waals surface area contributed by atoms with E-state index in [-0.39, 0.29) is 24.9 Å². The quantitative estimate of drug-likeness (QED) is 0.905. The van der Waals surface area contributed by atoms with Crippen molar-refractivity contribution in [2.75, 3.05) is 19.0 Å². The van der Waals surface area contributed by atoms with Crippen molar-refractivity contribution < 1.29 is 9.53 Å². The van der Waals surface area contributed by atoms with Crippen molar-refractivity contribution in [3.63, 3.8) is 0 Å². The minimum atomic E-state index is -0.677. The van der Waals surface area contributed by atoms with Crippen LogP contribution in [0.3, 0.4) is 0 Å². The molecular formula is C12H16ClN3O2S. The molecule has 0 aliphatic carbocycles. The lowest BCUT2D eigenvalue weighted by molar-refractivity contribution is -0.118. The topological polar surface area (TPSA) is 77.2 Å². The summed E-state index contributed by atoms with van der Waals surface area (Å²) in [6, 6.07) is 5.29. The van der Waals surface area contributed by atoms with Crippen molar-refractivity contribution in [3.05, 3.63) is 23.8 Å². The summed E-state index contributed by atoms with van der Waals surface area (Å²) in [7, 11) is 1.51. The fourth-order valence-electron chi connectivity index (χ4n) is 1.54. The predicted octanol–water partition coefficient (Wildman–Crippen LogP) is 1.94. The second kappa shape index (κ2) is 6.81. The lowest BCUT2D eigenvalue weighted by Gasteiger charge is -2.08. The van der Waals surface area contributed by atoms with E-state index in [9.17, 15) is 4.79 Å². The number of carbonyl (C=O) groups is 1. The number of nitrogens with one attached hydrogen (secondary N) is 1. The van der Waals surface area contributed by atoms with Crippen molar-refractivity contribution in [1.29, 1.82) is 0 Å². The Labute approximate surface area is 121 Å². The number of hydrogen-bond acceptors (Lipinski definition) is 5. The highest BCUT2D eigenvalue weighted by Crippen LogP contribution is 2.26. The number of hydrogen-bond donors (Lipinski definition) is 2. The molecule has 7 heteroatoms. The highest BCUT2D eigenvalue weighted by molar-refractivity contribution is 7.22. The van der Waals surface area contributed by atoms with Gasteiger partial charge in [-0.15, -0.1) is 12.4 Å². The Bertz CT molecular complexity index is 573. The molecule has 0 fully saturated rings. The summed E-state index contributed by atoms with van der Waals surface area (Å²) in [6.07, 6.45) is 0. The first kappa shape index (κ1) is 15.8. The van der Waals surface area contributed by atoms with Gasteiger partial charge in [0.25, 0.3) is 0 Å². The molecule has 1 heterocycles. The second-order valence-electron chi connectivity index (χ2n) is 4.04. The van der Waals surface area contributed by atoms with Crippen molar-refractivity contribution >= 4 is 45.0 Å². The molecule has 1 unspecified atom stereocenters. The first-order chi connectivity index (χ1) is 8.60. The summed E-state index contributed by atoms with van der Waals surface area (Å²) >= 11 is 1.44. The maximum absolute atomic E-state index is 11.7. The van der Waals surface area contributed by atoms with Gasteiger partial charge in [-0.05, 0) is 24.6 Å². The molecule has 0 spiro atoms. The Hall–Kier alpha value is -1.21. The average Bonchev–Trinajstić information content (AvgIpc) is 2.70. The predicted molar refractivity (Wildman–Crippen MR) is 80.1 cm³/mol. The molecule has 0 bridgehead atoms. The summed E-state index contributed by atoms with van der Waals surface area (Å²) in [5, 5.41) is 3.26. The van der Waals surface area contributed by atoms with Gasteiger partial charge in [0.05, 0.1) is 16.8 Å². The number of anilines is 1. The lowest BCUT2D eigenvalue weighted by atomic mass is 10.2. The molecule has 5 nitrogen and oxygen atoms in total. The molecular weight excluding hydrogens is 286 g/mol. The standard InChI is InChI=1S/C12H15N3O2S.ClH/c1-7-3-4-9-10(5-7)18-12(14-9)15-11(16)8(13)6-17-2;/h3-5,8H,6,13H2,1-2H3,(H,14,15,16);1H. The number of rotatable bonds is 4. The van der Waals surface area contributed by atoms with Gasteiger partial charge < -0.3 is 15.8 Å². The number of benzene rings is 1. The number of nitrogens with zero attached hydrogens (tertiary/aromatic N) is 1. The molecule has 2 aromatic rings. The lowest BCUT2D eigenvalue weighted by Crippen LogP contribution is -2.39. The molecule has 3 N–H and O–H groups in total. The smallest absolute Gasteiger partial charge is 0.245 e. The number of thiazole rings is 1. The first-order valence-electron chi connectivity index (χ1n) is 5.52. The number of amides is 1. The fraction of sp³-hybridized carbons (Fsp3) is 0.333. The van der Waals surface area contributed by atoms with Crippen LogP contribution in [-0.2, 0) is 9.53 Å². The summed E-state index contributed by atoms with van der Waals surface area (Å²) in [5.74, 6) is -0.285. The molecule has 0 radical (unpaired) electrons. The second-order valence-corrected chi connectivity index (χ2v) is 5.07. The van der Waals surface area contributed by atoms with Crippen LogP contribution in [0.4, 0.5) is 5.13 Å². The summed E-state index contributed by atoms with van der Waals surface area (Å²) in [5.41, 5.74) is 7.68. The van der Waals surface area contributed by atoms with Gasteiger partial charge in [-0.2, -0.15) is 0 Å². The van der Waals surface area contributed by atoms with Crippen LogP contribution < -0.4 is 11.1 Å². The van der Waals surface area contributed by atoms with Crippen LogP contribution in [0.5, 0.6) is 0 Å². The highest BCUT2D eigenvalue weighted by atomic mass is 35.5. The van der Waals surface area contributed by atoms with Gasteiger partial charge >= 0.3 is 0 Å². The molecule has 0 aliphatic heterocycles. The van der Waals surface area contributed by atoms with E-state index in [1.165, 1.54) is 24.0 Å². The third-order valence-electron chi connectivity index (χ3n) is 2.46. The molecule has 104 valence electrons. The maximum Gasteiger partial charge on any atom is 0.245 e. The number of aryl methyl sites for hydroxylation is 1. The van der Waals surface area contributed by atoms with Gasteiger partial charge in [-0.3, -0.25) is 4.79 Å². The Morgan fingerprint density at radius 1 is 1.58 bits per heavy atom. The van der Waals surface area contributed by atoms with E-state index < -0.39 is 6.04 Å². The highest BCUT2D eigenvalue weighted by Gasteiger charge is 2.15. The SMILES string of the molecule is COCC(N)C(=O)Nc1nc2ccc(C)cc2s1.Cl. The van der Waals surface area contributed by atoms with E-state index in [0.29, 0.717) is 5.13 Å². The molecule has 1 atom stereocenters. The van der Waals surface area contributed by atoms with E-state index in [2.05, 4.69) is 10.3 Å². The Balaban J connectivity index is 0.00000180. The van der Waals surface area contributed by atoms with Crippen molar-refractivity contribution in [2.45, 2.75) is 13.0 Å². The Morgan fingerprint density at radius 3 is 3.00 bits per heavy atom. The van der Waals surface area contributed by atoms with E-state index in [1.54, 1.807) is 0 Å². The van der Waals surface area contributed by atoms with Crippen molar-refractivity contribution in [2.24, 2.45) is 5.73 Å². The van der Waals surface area contributed by atoms with Crippen LogP contribution in [0.15, 0.2) is 18.2 Å². The Kier molecular flexibility index (Phi) is 5.68. The van der Waals surface area contributed by atoms with E-state index >= 15 is 0 Å². The molecule has 19 heavy (non-hydrogen) atoms. The van der Waals surface area contributed by atoms with E-state index in [1.807, 2.05) is 25.1 Å². The van der Waals surface area contributed by atoms with Crippen LogP contribution in [0.1, 0.15) is 5.56 Å². The largest absolute Gasteiger partial charge is 0.383 e. The first-order valence-corrected chi connectivity index (χ1v) is 6.34. The number of aromatic nitrogens is 1. The molecule has 0 saturated carbocycles. The van der Waals surface area contributed by atoms with Gasteiger partial charge in [-0.1, -0.05) is 17.4 Å². The maximum atomic E-state index is 11.7. The minimum Gasteiger partial charge on any atom is -0.383 e. The van der Waals surface area contributed by atoms with Crippen molar-refractivity contribution in [1.82, 2.24) is 4.98 Å². The zero-order valence-electron chi connectivity index (χ0n) is 10.7. The third kappa shape index (κ3) is 3.87. The normalized spacial score (nSPS) is 11.9. The zero-order valence-corrected chi connectivity index (χ0v) is 12.3. The monoisotopic (exact) mass is 301 g/mol. The summed E-state index contributed by atoms with van der Waals surface area (Å²) in [6.45, 7) is 2.21. The van der Waals surface area contributed by atoms with Gasteiger partial charge in [0, 0.05) is 7.11 Å².